The lowest BCUT2D eigenvalue weighted by Gasteiger charge is -2.10. The van der Waals surface area contributed by atoms with Gasteiger partial charge in [-0.25, -0.2) is 4.79 Å². The number of hydrogen-bond acceptors (Lipinski definition) is 7. The van der Waals surface area contributed by atoms with Crippen molar-refractivity contribution in [2.45, 2.75) is 0 Å². The van der Waals surface area contributed by atoms with Gasteiger partial charge in [-0.2, -0.15) is 0 Å². The van der Waals surface area contributed by atoms with Crippen molar-refractivity contribution < 1.29 is 28.5 Å². The minimum absolute atomic E-state index is 0.303. The van der Waals surface area contributed by atoms with Gasteiger partial charge in [-0.05, 0) is 36.4 Å². The van der Waals surface area contributed by atoms with E-state index in [4.69, 9.17) is 18.9 Å². The Kier molecular flexibility index (Phi) is 5.70. The second-order valence-electron chi connectivity index (χ2n) is 5.69. The molecule has 0 aliphatic rings. The minimum atomic E-state index is -0.464. The molecule has 0 aliphatic heterocycles. The molecule has 0 bridgehead atoms. The SMILES string of the molecule is COC(=O)c1sc2ccc(NC(=O)c3ccc(OC)c(OC)c3)cc2c1OC. The van der Waals surface area contributed by atoms with Gasteiger partial charge >= 0.3 is 5.97 Å². The smallest absolute Gasteiger partial charge is 0.351 e. The van der Waals surface area contributed by atoms with Crippen molar-refractivity contribution in [3.8, 4) is 17.2 Å². The first kappa shape index (κ1) is 19.5. The summed E-state index contributed by atoms with van der Waals surface area (Å²) in [6.07, 6.45) is 0. The van der Waals surface area contributed by atoms with Crippen LogP contribution >= 0.6 is 11.3 Å². The fraction of sp³-hybridized carbons (Fsp3) is 0.200. The van der Waals surface area contributed by atoms with Crippen LogP contribution in [0.4, 0.5) is 5.69 Å². The zero-order chi connectivity index (χ0) is 20.3. The average Bonchev–Trinajstić information content (AvgIpc) is 3.10. The van der Waals surface area contributed by atoms with Crippen LogP contribution in [0.15, 0.2) is 36.4 Å². The van der Waals surface area contributed by atoms with E-state index in [1.807, 2.05) is 6.07 Å². The van der Waals surface area contributed by atoms with E-state index in [2.05, 4.69) is 5.32 Å². The fourth-order valence-corrected chi connectivity index (χ4v) is 3.83. The Balaban J connectivity index is 1.92. The summed E-state index contributed by atoms with van der Waals surface area (Å²) in [5.74, 6) is 0.664. The summed E-state index contributed by atoms with van der Waals surface area (Å²) in [6.45, 7) is 0. The molecule has 2 aromatic carbocycles. The molecule has 0 spiro atoms. The molecular weight excluding hydrogens is 382 g/mol. The van der Waals surface area contributed by atoms with Gasteiger partial charge < -0.3 is 24.3 Å². The quantitative estimate of drug-likeness (QED) is 0.630. The van der Waals surface area contributed by atoms with Crippen LogP contribution in [0.1, 0.15) is 20.0 Å². The molecule has 0 atom stereocenters. The van der Waals surface area contributed by atoms with Crippen LogP contribution in [0.25, 0.3) is 10.1 Å². The van der Waals surface area contributed by atoms with Crippen LogP contribution in [-0.2, 0) is 4.74 Å². The number of rotatable bonds is 6. The minimum Gasteiger partial charge on any atom is -0.494 e. The van der Waals surface area contributed by atoms with Crippen LogP contribution in [0.5, 0.6) is 17.2 Å². The molecular formula is C20H19NO6S. The molecule has 0 aliphatic carbocycles. The lowest BCUT2D eigenvalue weighted by molar-refractivity contribution is 0.0603. The fourth-order valence-electron chi connectivity index (χ4n) is 2.76. The third kappa shape index (κ3) is 3.59. The molecule has 3 aromatic rings. The van der Waals surface area contributed by atoms with Gasteiger partial charge in [0.05, 0.1) is 28.4 Å². The number of anilines is 1. The molecule has 0 radical (unpaired) electrons. The number of thiophene rings is 1. The maximum atomic E-state index is 12.6. The highest BCUT2D eigenvalue weighted by Gasteiger charge is 2.20. The van der Waals surface area contributed by atoms with Crippen molar-refractivity contribution in [2.24, 2.45) is 0 Å². The number of methoxy groups -OCH3 is 4. The number of amides is 1. The van der Waals surface area contributed by atoms with Gasteiger partial charge in [-0.3, -0.25) is 4.79 Å². The molecule has 1 heterocycles. The highest BCUT2D eigenvalue weighted by molar-refractivity contribution is 7.21. The van der Waals surface area contributed by atoms with Gasteiger partial charge in [0.1, 0.15) is 0 Å². The molecule has 28 heavy (non-hydrogen) atoms. The Morgan fingerprint density at radius 1 is 0.893 bits per heavy atom. The molecule has 146 valence electrons. The number of carbonyl (C=O) groups excluding carboxylic acids is 2. The van der Waals surface area contributed by atoms with Gasteiger partial charge in [0.15, 0.2) is 22.1 Å². The zero-order valence-electron chi connectivity index (χ0n) is 15.8. The van der Waals surface area contributed by atoms with Gasteiger partial charge in [-0.1, -0.05) is 0 Å². The van der Waals surface area contributed by atoms with E-state index in [1.54, 1.807) is 30.3 Å². The Bertz CT molecular complexity index is 1040. The van der Waals surface area contributed by atoms with Crippen LogP contribution in [0.2, 0.25) is 0 Å². The Hall–Kier alpha value is -3.26. The van der Waals surface area contributed by atoms with E-state index in [0.717, 1.165) is 10.1 Å². The molecule has 8 heteroatoms. The third-order valence-corrected chi connectivity index (χ3v) is 5.25. The molecule has 1 N–H and O–H groups in total. The molecule has 1 aromatic heterocycles. The molecule has 3 rings (SSSR count). The van der Waals surface area contributed by atoms with Crippen molar-refractivity contribution in [2.75, 3.05) is 33.8 Å². The van der Waals surface area contributed by atoms with Crippen LogP contribution in [-0.4, -0.2) is 40.3 Å². The first-order chi connectivity index (χ1) is 13.5. The predicted octanol–water partition coefficient (Wildman–Crippen LogP) is 3.97. The number of ether oxygens (including phenoxy) is 4. The molecule has 0 saturated heterocycles. The monoisotopic (exact) mass is 401 g/mol. The Morgan fingerprint density at radius 3 is 2.29 bits per heavy atom. The summed E-state index contributed by atoms with van der Waals surface area (Å²) in [6, 6.07) is 10.3. The lowest BCUT2D eigenvalue weighted by atomic mass is 10.1. The number of esters is 1. The second kappa shape index (κ2) is 8.18. The summed E-state index contributed by atoms with van der Waals surface area (Å²) in [4.78, 5) is 24.9. The highest BCUT2D eigenvalue weighted by Crippen LogP contribution is 2.39. The molecule has 7 nitrogen and oxygen atoms in total. The van der Waals surface area contributed by atoms with E-state index >= 15 is 0 Å². The number of hydrogen-bond donors (Lipinski definition) is 1. The Labute approximate surface area is 165 Å². The molecule has 0 saturated carbocycles. The van der Waals surface area contributed by atoms with E-state index in [1.165, 1.54) is 39.8 Å². The lowest BCUT2D eigenvalue weighted by Crippen LogP contribution is -2.12. The number of benzene rings is 2. The zero-order valence-corrected chi connectivity index (χ0v) is 16.6. The summed E-state index contributed by atoms with van der Waals surface area (Å²) >= 11 is 1.27. The van der Waals surface area contributed by atoms with E-state index in [0.29, 0.717) is 33.4 Å². The highest BCUT2D eigenvalue weighted by atomic mass is 32.1. The predicted molar refractivity (Wildman–Crippen MR) is 107 cm³/mol. The van der Waals surface area contributed by atoms with Crippen molar-refractivity contribution in [1.82, 2.24) is 0 Å². The van der Waals surface area contributed by atoms with Gasteiger partial charge in [0, 0.05) is 21.3 Å². The van der Waals surface area contributed by atoms with Crippen LogP contribution < -0.4 is 19.5 Å². The summed E-state index contributed by atoms with van der Waals surface area (Å²) in [7, 11) is 5.85. The third-order valence-electron chi connectivity index (χ3n) is 4.12. The maximum absolute atomic E-state index is 12.6. The molecule has 1 amide bonds. The molecule has 0 fully saturated rings. The summed E-state index contributed by atoms with van der Waals surface area (Å²) < 4.78 is 21.5. The van der Waals surface area contributed by atoms with E-state index < -0.39 is 5.97 Å². The van der Waals surface area contributed by atoms with Crippen LogP contribution in [0, 0.1) is 0 Å². The van der Waals surface area contributed by atoms with Crippen molar-refractivity contribution in [3.63, 3.8) is 0 Å². The topological polar surface area (TPSA) is 83.1 Å². The average molecular weight is 401 g/mol. The number of carbonyl (C=O) groups is 2. The molecule has 0 unspecified atom stereocenters. The standard InChI is InChI=1S/C20H19NO6S/c1-24-14-7-5-11(9-15(14)25-2)19(22)21-12-6-8-16-13(10-12)17(26-3)18(28-16)20(23)27-4/h5-10H,1-4H3,(H,21,22). The van der Waals surface area contributed by atoms with Crippen molar-refractivity contribution >= 4 is 39.0 Å². The van der Waals surface area contributed by atoms with Gasteiger partial charge in [0.25, 0.3) is 5.91 Å². The summed E-state index contributed by atoms with van der Waals surface area (Å²) in [5, 5.41) is 3.56. The second-order valence-corrected chi connectivity index (χ2v) is 6.74. The Morgan fingerprint density at radius 2 is 1.64 bits per heavy atom. The van der Waals surface area contributed by atoms with Crippen LogP contribution in [0.3, 0.4) is 0 Å². The number of fused-ring (bicyclic) bond motifs is 1. The van der Waals surface area contributed by atoms with Gasteiger partial charge in [0.2, 0.25) is 0 Å². The van der Waals surface area contributed by atoms with E-state index in [-0.39, 0.29) is 5.91 Å². The summed E-state index contributed by atoms with van der Waals surface area (Å²) in [5.41, 5.74) is 0.991. The first-order valence-electron chi connectivity index (χ1n) is 8.24. The normalized spacial score (nSPS) is 10.4. The van der Waals surface area contributed by atoms with Crippen molar-refractivity contribution in [1.29, 1.82) is 0 Å². The maximum Gasteiger partial charge on any atom is 0.351 e. The van der Waals surface area contributed by atoms with Crippen molar-refractivity contribution in [3.05, 3.63) is 46.8 Å². The number of nitrogens with one attached hydrogen (secondary N) is 1. The van der Waals surface area contributed by atoms with E-state index in [9.17, 15) is 9.59 Å². The van der Waals surface area contributed by atoms with Gasteiger partial charge in [-0.15, -0.1) is 11.3 Å². The largest absolute Gasteiger partial charge is 0.494 e. The first-order valence-corrected chi connectivity index (χ1v) is 9.06.